The van der Waals surface area contributed by atoms with E-state index in [0.717, 1.165) is 6.26 Å². The number of rotatable bonds is 6. The van der Waals surface area contributed by atoms with Crippen LogP contribution in [0.3, 0.4) is 0 Å². The van der Waals surface area contributed by atoms with Crippen molar-refractivity contribution in [1.29, 1.82) is 0 Å². The molecule has 0 aromatic carbocycles. The first-order valence-corrected chi connectivity index (χ1v) is 6.00. The van der Waals surface area contributed by atoms with Crippen LogP contribution in [0, 0.1) is 0 Å². The molecular weight excluding hydrogens is 194 g/mol. The first-order valence-electron chi connectivity index (χ1n) is 3.94. The van der Waals surface area contributed by atoms with Gasteiger partial charge in [-0.25, -0.2) is 8.42 Å². The monoisotopic (exact) mass is 209 g/mol. The molecule has 0 radical (unpaired) electrons. The molecule has 0 spiro atoms. The Balaban J connectivity index is 3.60. The molecule has 5 nitrogen and oxygen atoms in total. The van der Waals surface area contributed by atoms with Crippen molar-refractivity contribution in [2.45, 2.75) is 19.4 Å². The normalized spacial score (nSPS) is 14.0. The molecule has 78 valence electrons. The maximum Gasteiger partial charge on any atom is 0.304 e. The van der Waals surface area contributed by atoms with Crippen molar-refractivity contribution in [3.05, 3.63) is 0 Å². The number of sulfone groups is 1. The van der Waals surface area contributed by atoms with Crippen LogP contribution in [0.1, 0.15) is 13.3 Å². The van der Waals surface area contributed by atoms with Crippen LogP contribution in [0.2, 0.25) is 0 Å². The third kappa shape index (κ3) is 9.29. The third-order valence-electron chi connectivity index (χ3n) is 1.45. The predicted octanol–water partition coefficient (Wildman–Crippen LogP) is -0.516. The Morgan fingerprint density at radius 1 is 1.54 bits per heavy atom. The fraction of sp³-hybridized carbons (Fsp3) is 0.857. The quantitative estimate of drug-likeness (QED) is 0.615. The largest absolute Gasteiger partial charge is 0.481 e. The standard InChI is InChI=1S/C7H15NO4S/c1-6(5-7(9)10)8-3-4-13(2,11)12/h6,8H,3-5H2,1-2H3,(H,9,10). The van der Waals surface area contributed by atoms with Crippen molar-refractivity contribution in [2.24, 2.45) is 0 Å². The second-order valence-corrected chi connectivity index (χ2v) is 5.34. The van der Waals surface area contributed by atoms with Crippen LogP contribution in [0.4, 0.5) is 0 Å². The molecule has 0 saturated carbocycles. The Morgan fingerprint density at radius 3 is 2.46 bits per heavy atom. The zero-order valence-corrected chi connectivity index (χ0v) is 8.60. The van der Waals surface area contributed by atoms with Crippen molar-refractivity contribution in [2.75, 3.05) is 18.6 Å². The minimum atomic E-state index is -2.96. The minimum Gasteiger partial charge on any atom is -0.481 e. The van der Waals surface area contributed by atoms with Crippen molar-refractivity contribution < 1.29 is 18.3 Å². The van der Waals surface area contributed by atoms with Gasteiger partial charge in [0.05, 0.1) is 12.2 Å². The lowest BCUT2D eigenvalue weighted by Crippen LogP contribution is -2.32. The van der Waals surface area contributed by atoms with Gasteiger partial charge in [-0.15, -0.1) is 0 Å². The number of carboxylic acid groups (broad SMARTS) is 1. The highest BCUT2D eigenvalue weighted by Crippen LogP contribution is 1.90. The van der Waals surface area contributed by atoms with Crippen LogP contribution in [-0.4, -0.2) is 44.1 Å². The summed E-state index contributed by atoms with van der Waals surface area (Å²) in [6, 6.07) is -0.195. The van der Waals surface area contributed by atoms with Gasteiger partial charge in [-0.3, -0.25) is 4.79 Å². The summed E-state index contributed by atoms with van der Waals surface area (Å²) in [7, 11) is -2.96. The van der Waals surface area contributed by atoms with E-state index in [1.807, 2.05) is 0 Å². The van der Waals surface area contributed by atoms with Crippen molar-refractivity contribution in [3.8, 4) is 0 Å². The number of nitrogens with one attached hydrogen (secondary N) is 1. The molecule has 0 aliphatic carbocycles. The highest BCUT2D eigenvalue weighted by atomic mass is 32.2. The lowest BCUT2D eigenvalue weighted by atomic mass is 10.2. The third-order valence-corrected chi connectivity index (χ3v) is 2.39. The van der Waals surface area contributed by atoms with Gasteiger partial charge in [-0.1, -0.05) is 0 Å². The van der Waals surface area contributed by atoms with Crippen molar-refractivity contribution >= 4 is 15.8 Å². The Kier molecular flexibility index (Phi) is 4.94. The summed E-state index contributed by atoms with van der Waals surface area (Å²) in [6.07, 6.45) is 1.15. The SMILES string of the molecule is CC(CC(=O)O)NCCS(C)(=O)=O. The van der Waals surface area contributed by atoms with E-state index in [-0.39, 0.29) is 18.2 Å². The van der Waals surface area contributed by atoms with E-state index >= 15 is 0 Å². The summed E-state index contributed by atoms with van der Waals surface area (Å²) in [6.45, 7) is 2.00. The lowest BCUT2D eigenvalue weighted by Gasteiger charge is -2.09. The van der Waals surface area contributed by atoms with Gasteiger partial charge >= 0.3 is 5.97 Å². The molecule has 13 heavy (non-hydrogen) atoms. The van der Waals surface area contributed by atoms with Crippen LogP contribution in [-0.2, 0) is 14.6 Å². The minimum absolute atomic E-state index is 0.00373. The van der Waals surface area contributed by atoms with Gasteiger partial charge in [0.1, 0.15) is 9.84 Å². The summed E-state index contributed by atoms with van der Waals surface area (Å²) < 4.78 is 21.4. The topological polar surface area (TPSA) is 83.5 Å². The average Bonchev–Trinajstić information content (AvgIpc) is 1.81. The zero-order valence-electron chi connectivity index (χ0n) is 7.78. The van der Waals surface area contributed by atoms with E-state index in [1.165, 1.54) is 0 Å². The second kappa shape index (κ2) is 5.18. The van der Waals surface area contributed by atoms with Crippen LogP contribution in [0.5, 0.6) is 0 Å². The fourth-order valence-electron chi connectivity index (χ4n) is 0.825. The number of hydrogen-bond donors (Lipinski definition) is 2. The van der Waals surface area contributed by atoms with E-state index in [1.54, 1.807) is 6.92 Å². The van der Waals surface area contributed by atoms with Crippen LogP contribution < -0.4 is 5.32 Å². The van der Waals surface area contributed by atoms with Crippen molar-refractivity contribution in [3.63, 3.8) is 0 Å². The van der Waals surface area contributed by atoms with E-state index in [0.29, 0.717) is 6.54 Å². The van der Waals surface area contributed by atoms with E-state index in [2.05, 4.69) is 5.32 Å². The molecule has 2 N–H and O–H groups in total. The number of carboxylic acids is 1. The maximum absolute atomic E-state index is 10.7. The maximum atomic E-state index is 10.7. The molecular formula is C7H15NO4S. The Morgan fingerprint density at radius 2 is 2.08 bits per heavy atom. The van der Waals surface area contributed by atoms with Crippen LogP contribution >= 0.6 is 0 Å². The molecule has 0 bridgehead atoms. The Hall–Kier alpha value is -0.620. The van der Waals surface area contributed by atoms with Gasteiger partial charge < -0.3 is 10.4 Å². The van der Waals surface area contributed by atoms with E-state index in [9.17, 15) is 13.2 Å². The summed E-state index contributed by atoms with van der Waals surface area (Å²) in [5, 5.41) is 11.2. The van der Waals surface area contributed by atoms with E-state index < -0.39 is 15.8 Å². The second-order valence-electron chi connectivity index (χ2n) is 3.08. The smallest absolute Gasteiger partial charge is 0.304 e. The average molecular weight is 209 g/mol. The number of hydrogen-bond acceptors (Lipinski definition) is 4. The molecule has 0 amide bonds. The highest BCUT2D eigenvalue weighted by Gasteiger charge is 2.07. The molecule has 0 rings (SSSR count). The molecule has 0 heterocycles. The van der Waals surface area contributed by atoms with Crippen molar-refractivity contribution in [1.82, 2.24) is 5.32 Å². The summed E-state index contributed by atoms with van der Waals surface area (Å²) in [5.74, 6) is -0.851. The summed E-state index contributed by atoms with van der Waals surface area (Å²) in [4.78, 5) is 10.2. The zero-order chi connectivity index (χ0) is 10.5. The lowest BCUT2D eigenvalue weighted by molar-refractivity contribution is -0.137. The first kappa shape index (κ1) is 12.4. The van der Waals surface area contributed by atoms with Gasteiger partial charge in [0.25, 0.3) is 0 Å². The molecule has 0 saturated heterocycles. The Labute approximate surface area is 78.1 Å². The number of aliphatic carboxylic acids is 1. The molecule has 1 atom stereocenters. The highest BCUT2D eigenvalue weighted by molar-refractivity contribution is 7.90. The van der Waals surface area contributed by atoms with Crippen LogP contribution in [0.25, 0.3) is 0 Å². The van der Waals surface area contributed by atoms with E-state index in [4.69, 9.17) is 5.11 Å². The molecule has 0 aliphatic heterocycles. The fourth-order valence-corrected chi connectivity index (χ4v) is 1.31. The van der Waals surface area contributed by atoms with Gasteiger partial charge in [0.2, 0.25) is 0 Å². The molecule has 0 aliphatic rings. The van der Waals surface area contributed by atoms with Gasteiger partial charge in [0.15, 0.2) is 0 Å². The molecule has 0 aromatic heterocycles. The molecule has 0 fully saturated rings. The number of carbonyl (C=O) groups is 1. The van der Waals surface area contributed by atoms with Crippen LogP contribution in [0.15, 0.2) is 0 Å². The van der Waals surface area contributed by atoms with Gasteiger partial charge in [0, 0.05) is 18.8 Å². The first-order chi connectivity index (χ1) is 5.81. The molecule has 1 unspecified atom stereocenters. The molecule has 6 heteroatoms. The predicted molar refractivity (Wildman–Crippen MR) is 49.4 cm³/mol. The van der Waals surface area contributed by atoms with Gasteiger partial charge in [-0.2, -0.15) is 0 Å². The Bertz CT molecular complexity index is 260. The molecule has 0 aromatic rings. The summed E-state index contributed by atoms with van der Waals surface area (Å²) >= 11 is 0. The summed E-state index contributed by atoms with van der Waals surface area (Å²) in [5.41, 5.74) is 0. The van der Waals surface area contributed by atoms with Gasteiger partial charge in [-0.05, 0) is 6.92 Å².